The molecule has 1 aromatic carbocycles. The first-order valence-electron chi connectivity index (χ1n) is 6.04. The maximum Gasteiger partial charge on any atom is 0.211 e. The highest BCUT2D eigenvalue weighted by Gasteiger charge is 2.12. The van der Waals surface area contributed by atoms with E-state index in [0.717, 1.165) is 24.4 Å². The summed E-state index contributed by atoms with van der Waals surface area (Å²) in [6.07, 6.45) is 2.95. The van der Waals surface area contributed by atoms with Crippen molar-refractivity contribution < 1.29 is 4.74 Å². The number of benzene rings is 1. The van der Waals surface area contributed by atoms with Gasteiger partial charge in [0, 0.05) is 25.8 Å². The minimum Gasteiger partial charge on any atom is -0.381 e. The normalized spacial score (nSPS) is 21.4. The van der Waals surface area contributed by atoms with E-state index in [0.29, 0.717) is 5.92 Å². The van der Waals surface area contributed by atoms with Gasteiger partial charge in [0.05, 0.1) is 16.8 Å². The molecule has 1 aromatic heterocycles. The van der Waals surface area contributed by atoms with Crippen molar-refractivity contribution in [2.75, 3.05) is 13.2 Å². The average Bonchev–Trinajstić information content (AvgIpc) is 3.00. The van der Waals surface area contributed by atoms with E-state index in [1.54, 1.807) is 11.3 Å². The van der Waals surface area contributed by atoms with Crippen LogP contribution >= 0.6 is 11.3 Å². The summed E-state index contributed by atoms with van der Waals surface area (Å²) in [6, 6.07) is 8.28. The Kier molecular flexibility index (Phi) is 3.25. The van der Waals surface area contributed by atoms with Crippen LogP contribution in [0.1, 0.15) is 6.42 Å². The predicted molar refractivity (Wildman–Crippen MR) is 73.8 cm³/mol. The van der Waals surface area contributed by atoms with E-state index in [1.807, 2.05) is 25.4 Å². The summed E-state index contributed by atoms with van der Waals surface area (Å²) in [7, 11) is 2.02. The van der Waals surface area contributed by atoms with E-state index in [1.165, 1.54) is 10.2 Å². The summed E-state index contributed by atoms with van der Waals surface area (Å²) in [5.41, 5.74) is 1.20. The van der Waals surface area contributed by atoms with Gasteiger partial charge in [-0.1, -0.05) is 23.5 Å². The van der Waals surface area contributed by atoms with Gasteiger partial charge in [0.25, 0.3) is 0 Å². The summed E-state index contributed by atoms with van der Waals surface area (Å²) in [5.74, 6) is 0.424. The van der Waals surface area contributed by atoms with Gasteiger partial charge in [-0.3, -0.25) is 0 Å². The molecule has 1 aliphatic rings. The Morgan fingerprint density at radius 1 is 1.44 bits per heavy atom. The number of ether oxygens (including phenoxy) is 1. The molecule has 1 aliphatic heterocycles. The molecule has 2 aromatic rings. The number of aromatic nitrogens is 1. The molecule has 94 valence electrons. The second kappa shape index (κ2) is 5.04. The molecular weight excluding hydrogens is 246 g/mol. The van der Waals surface area contributed by atoms with Crippen LogP contribution in [0.2, 0.25) is 0 Å². The van der Waals surface area contributed by atoms with Crippen LogP contribution in [0.3, 0.4) is 0 Å². The first kappa shape index (κ1) is 11.6. The van der Waals surface area contributed by atoms with Gasteiger partial charge in [0.15, 0.2) is 0 Å². The summed E-state index contributed by atoms with van der Waals surface area (Å²) < 4.78 is 8.60. The van der Waals surface area contributed by atoms with Crippen molar-refractivity contribution in [3.05, 3.63) is 29.1 Å². The maximum absolute atomic E-state index is 5.30. The Hall–Kier alpha value is -1.46. The van der Waals surface area contributed by atoms with Gasteiger partial charge in [0.1, 0.15) is 0 Å². The van der Waals surface area contributed by atoms with Gasteiger partial charge in [-0.2, -0.15) is 5.10 Å². The Bertz CT molecular complexity index is 635. The van der Waals surface area contributed by atoms with Crippen LogP contribution in [0.4, 0.5) is 0 Å². The fourth-order valence-electron chi connectivity index (χ4n) is 2.03. The molecule has 3 rings (SSSR count). The van der Waals surface area contributed by atoms with Gasteiger partial charge in [-0.25, -0.2) is 0 Å². The molecule has 0 N–H and O–H groups in total. The van der Waals surface area contributed by atoms with Crippen molar-refractivity contribution in [1.29, 1.82) is 0 Å². The molecule has 1 saturated heterocycles. The van der Waals surface area contributed by atoms with Crippen molar-refractivity contribution >= 4 is 27.8 Å². The zero-order valence-electron chi connectivity index (χ0n) is 10.2. The van der Waals surface area contributed by atoms with Crippen molar-refractivity contribution in [2.24, 2.45) is 23.2 Å². The van der Waals surface area contributed by atoms with E-state index in [9.17, 15) is 0 Å². The van der Waals surface area contributed by atoms with Gasteiger partial charge < -0.3 is 9.30 Å². The van der Waals surface area contributed by atoms with E-state index in [4.69, 9.17) is 4.74 Å². The topological polar surface area (TPSA) is 38.9 Å². The Balaban J connectivity index is 1.91. The van der Waals surface area contributed by atoms with Crippen LogP contribution < -0.4 is 4.80 Å². The Morgan fingerprint density at radius 2 is 2.33 bits per heavy atom. The molecule has 0 spiro atoms. The fraction of sp³-hybridized carbons (Fsp3) is 0.385. The molecule has 5 heteroatoms. The van der Waals surface area contributed by atoms with Crippen molar-refractivity contribution in [1.82, 2.24) is 4.57 Å². The molecule has 1 unspecified atom stereocenters. The molecular formula is C13H15N3OS. The molecule has 2 heterocycles. The summed E-state index contributed by atoms with van der Waals surface area (Å²) in [6.45, 7) is 1.62. The zero-order valence-corrected chi connectivity index (χ0v) is 11.1. The van der Waals surface area contributed by atoms with Gasteiger partial charge in [0.2, 0.25) is 4.80 Å². The minimum atomic E-state index is 0.424. The lowest BCUT2D eigenvalue weighted by molar-refractivity contribution is 0.193. The molecule has 0 radical (unpaired) electrons. The Morgan fingerprint density at radius 3 is 3.11 bits per heavy atom. The SMILES string of the molecule is Cn1c(=NN=CC2CCOC2)sc2ccccc21. The molecule has 0 amide bonds. The van der Waals surface area contributed by atoms with E-state index in [-0.39, 0.29) is 0 Å². The van der Waals surface area contributed by atoms with Crippen LogP contribution in [-0.2, 0) is 11.8 Å². The molecule has 1 fully saturated rings. The number of hydrogen-bond acceptors (Lipinski definition) is 4. The van der Waals surface area contributed by atoms with Crippen molar-refractivity contribution in [3.8, 4) is 0 Å². The first-order chi connectivity index (χ1) is 8.84. The van der Waals surface area contributed by atoms with Gasteiger partial charge in [-0.05, 0) is 18.6 Å². The highest BCUT2D eigenvalue weighted by molar-refractivity contribution is 7.16. The maximum atomic E-state index is 5.30. The van der Waals surface area contributed by atoms with E-state index >= 15 is 0 Å². The van der Waals surface area contributed by atoms with Gasteiger partial charge >= 0.3 is 0 Å². The lowest BCUT2D eigenvalue weighted by Gasteiger charge is -1.94. The highest BCUT2D eigenvalue weighted by atomic mass is 32.1. The predicted octanol–water partition coefficient (Wildman–Crippen LogP) is 2.16. The van der Waals surface area contributed by atoms with Crippen molar-refractivity contribution in [2.45, 2.75) is 6.42 Å². The third-order valence-electron chi connectivity index (χ3n) is 3.10. The third-order valence-corrected chi connectivity index (χ3v) is 4.20. The van der Waals surface area contributed by atoms with Crippen LogP contribution in [-0.4, -0.2) is 24.0 Å². The second-order valence-electron chi connectivity index (χ2n) is 4.40. The number of fused-ring (bicyclic) bond motifs is 1. The smallest absolute Gasteiger partial charge is 0.211 e. The average molecular weight is 261 g/mol. The minimum absolute atomic E-state index is 0.424. The number of rotatable bonds is 2. The molecule has 18 heavy (non-hydrogen) atoms. The lowest BCUT2D eigenvalue weighted by atomic mass is 10.1. The first-order valence-corrected chi connectivity index (χ1v) is 6.86. The summed E-state index contributed by atoms with van der Waals surface area (Å²) >= 11 is 1.66. The standard InChI is InChI=1S/C13H15N3OS/c1-16-11-4-2-3-5-12(11)18-13(16)15-14-8-10-6-7-17-9-10/h2-5,8,10H,6-7,9H2,1H3. The second-order valence-corrected chi connectivity index (χ2v) is 5.41. The number of para-hydroxylation sites is 1. The molecule has 0 aliphatic carbocycles. The molecule has 1 atom stereocenters. The third kappa shape index (κ3) is 2.23. The number of nitrogens with zero attached hydrogens (tertiary/aromatic N) is 3. The van der Waals surface area contributed by atoms with Crippen LogP contribution in [0.15, 0.2) is 34.5 Å². The van der Waals surface area contributed by atoms with Crippen LogP contribution in [0.5, 0.6) is 0 Å². The molecule has 4 nitrogen and oxygen atoms in total. The molecule has 0 saturated carbocycles. The van der Waals surface area contributed by atoms with E-state index in [2.05, 4.69) is 26.9 Å². The number of aryl methyl sites for hydroxylation is 1. The van der Waals surface area contributed by atoms with E-state index < -0.39 is 0 Å². The largest absolute Gasteiger partial charge is 0.381 e. The summed E-state index contributed by atoms with van der Waals surface area (Å²) in [4.78, 5) is 0.923. The van der Waals surface area contributed by atoms with Crippen molar-refractivity contribution in [3.63, 3.8) is 0 Å². The molecule has 0 bridgehead atoms. The number of hydrogen-bond donors (Lipinski definition) is 0. The zero-order chi connectivity index (χ0) is 12.4. The fourth-order valence-corrected chi connectivity index (χ4v) is 3.00. The number of thiazole rings is 1. The van der Waals surface area contributed by atoms with Crippen LogP contribution in [0.25, 0.3) is 10.2 Å². The monoisotopic (exact) mass is 261 g/mol. The highest BCUT2D eigenvalue weighted by Crippen LogP contribution is 2.15. The Labute approximate surface area is 109 Å². The van der Waals surface area contributed by atoms with Crippen LogP contribution in [0, 0.1) is 5.92 Å². The van der Waals surface area contributed by atoms with Gasteiger partial charge in [-0.15, -0.1) is 5.10 Å². The lowest BCUT2D eigenvalue weighted by Crippen LogP contribution is -2.09. The summed E-state index contributed by atoms with van der Waals surface area (Å²) in [5, 5.41) is 8.49. The quantitative estimate of drug-likeness (QED) is 0.603.